The molecule has 2 saturated heterocycles. The van der Waals surface area contributed by atoms with Gasteiger partial charge in [0.1, 0.15) is 11.4 Å². The molecule has 0 aliphatic carbocycles. The molecule has 5 heteroatoms. The van der Waals surface area contributed by atoms with Gasteiger partial charge in [0.05, 0.1) is 6.04 Å². The second kappa shape index (κ2) is 6.71. The lowest BCUT2D eigenvalue weighted by molar-refractivity contribution is 0.0148. The average molecular weight is 334 g/mol. The maximum atomic E-state index is 13.7. The number of hydrogen-bond acceptors (Lipinski definition) is 3. The Balaban J connectivity index is 1.88. The molecule has 2 aliphatic heterocycles. The summed E-state index contributed by atoms with van der Waals surface area (Å²) in [7, 11) is 0. The fourth-order valence-corrected chi connectivity index (χ4v) is 3.89. The zero-order valence-electron chi connectivity index (χ0n) is 14.7. The van der Waals surface area contributed by atoms with Gasteiger partial charge in [0.25, 0.3) is 0 Å². The van der Waals surface area contributed by atoms with E-state index in [2.05, 4.69) is 5.32 Å². The molecule has 24 heavy (non-hydrogen) atoms. The van der Waals surface area contributed by atoms with Crippen LogP contribution in [0.25, 0.3) is 0 Å². The summed E-state index contributed by atoms with van der Waals surface area (Å²) in [6.07, 6.45) is 2.84. The molecule has 2 aliphatic rings. The zero-order chi connectivity index (χ0) is 17.3. The summed E-state index contributed by atoms with van der Waals surface area (Å²) in [6.45, 7) is 7.12. The molecule has 0 radical (unpaired) electrons. The number of amides is 1. The monoisotopic (exact) mass is 334 g/mol. The summed E-state index contributed by atoms with van der Waals surface area (Å²) in [5.74, 6) is -0.135. The van der Waals surface area contributed by atoms with Gasteiger partial charge < -0.3 is 15.0 Å². The summed E-state index contributed by atoms with van der Waals surface area (Å²) in [5, 5.41) is 3.54. The molecule has 0 aromatic heterocycles. The van der Waals surface area contributed by atoms with Gasteiger partial charge in [-0.1, -0.05) is 18.6 Å². The number of ether oxygens (including phenoxy) is 1. The van der Waals surface area contributed by atoms with Crippen molar-refractivity contribution < 1.29 is 13.9 Å². The van der Waals surface area contributed by atoms with Gasteiger partial charge in [-0.25, -0.2) is 9.18 Å². The fraction of sp³-hybridized carbons (Fsp3) is 0.632. The van der Waals surface area contributed by atoms with Crippen LogP contribution in [-0.4, -0.2) is 41.8 Å². The molecule has 2 heterocycles. The van der Waals surface area contributed by atoms with Crippen molar-refractivity contribution in [2.24, 2.45) is 0 Å². The Morgan fingerprint density at radius 2 is 2.12 bits per heavy atom. The number of likely N-dealkylation sites (tertiary alicyclic amines) is 1. The lowest BCUT2D eigenvalue weighted by Gasteiger charge is -2.35. The molecule has 0 spiro atoms. The number of halogens is 1. The first-order valence-corrected chi connectivity index (χ1v) is 8.83. The smallest absolute Gasteiger partial charge is 0.410 e. The van der Waals surface area contributed by atoms with Crippen molar-refractivity contribution in [3.05, 3.63) is 35.6 Å². The number of fused-ring (bicyclic) bond motifs is 1. The normalized spacial score (nSPS) is 27.5. The van der Waals surface area contributed by atoms with Gasteiger partial charge >= 0.3 is 6.09 Å². The van der Waals surface area contributed by atoms with E-state index in [0.29, 0.717) is 6.54 Å². The van der Waals surface area contributed by atoms with Crippen molar-refractivity contribution in [1.29, 1.82) is 0 Å². The van der Waals surface area contributed by atoms with Crippen molar-refractivity contribution in [1.82, 2.24) is 10.2 Å². The highest BCUT2D eigenvalue weighted by Gasteiger charge is 2.44. The second-order valence-electron chi connectivity index (χ2n) is 7.84. The van der Waals surface area contributed by atoms with Gasteiger partial charge in [-0.15, -0.1) is 0 Å². The molecular formula is C19H27FN2O2. The highest BCUT2D eigenvalue weighted by molar-refractivity contribution is 5.69. The van der Waals surface area contributed by atoms with Crippen molar-refractivity contribution in [3.63, 3.8) is 0 Å². The molecule has 1 N–H and O–H groups in total. The van der Waals surface area contributed by atoms with Crippen LogP contribution >= 0.6 is 0 Å². The van der Waals surface area contributed by atoms with Crippen LogP contribution in [0.1, 0.15) is 51.5 Å². The average Bonchev–Trinajstić information content (AvgIpc) is 2.78. The maximum absolute atomic E-state index is 13.7. The van der Waals surface area contributed by atoms with E-state index >= 15 is 0 Å². The van der Waals surface area contributed by atoms with E-state index in [1.54, 1.807) is 12.1 Å². The lowest BCUT2D eigenvalue weighted by Crippen LogP contribution is -2.49. The number of carbonyl (C=O) groups is 1. The van der Waals surface area contributed by atoms with E-state index in [0.717, 1.165) is 31.4 Å². The highest BCUT2D eigenvalue weighted by atomic mass is 19.1. The molecule has 132 valence electrons. The first-order chi connectivity index (χ1) is 11.3. The van der Waals surface area contributed by atoms with Crippen LogP contribution in [0, 0.1) is 5.82 Å². The predicted molar refractivity (Wildman–Crippen MR) is 91.5 cm³/mol. The van der Waals surface area contributed by atoms with E-state index in [-0.39, 0.29) is 29.9 Å². The molecule has 1 aromatic rings. The number of carbonyl (C=O) groups excluding carboxylic acids is 1. The zero-order valence-corrected chi connectivity index (χ0v) is 14.7. The number of nitrogens with zero attached hydrogens (tertiary/aromatic N) is 1. The Kier molecular flexibility index (Phi) is 4.81. The van der Waals surface area contributed by atoms with Gasteiger partial charge in [0, 0.05) is 25.0 Å². The third-order valence-corrected chi connectivity index (χ3v) is 4.85. The standard InChI is InChI=1S/C19H27FN2O2/c1-19(2,3)24-18(23)22-10-5-4-9-16-17(22)15(12-21-16)13-7-6-8-14(20)11-13/h6-8,11,15-17,21H,4-5,9-10,12H2,1-3H3/t15-,16+,17-/m0/s1. The molecule has 0 bridgehead atoms. The topological polar surface area (TPSA) is 41.6 Å². The molecule has 1 amide bonds. The molecule has 1 aromatic carbocycles. The summed E-state index contributed by atoms with van der Waals surface area (Å²) >= 11 is 0. The third-order valence-electron chi connectivity index (χ3n) is 4.85. The summed E-state index contributed by atoms with van der Waals surface area (Å²) < 4.78 is 19.3. The SMILES string of the molecule is CC(C)(C)OC(=O)N1CCCC[C@H]2NC[C@@H](c3cccc(F)c3)[C@@H]21. The van der Waals surface area contributed by atoms with E-state index in [4.69, 9.17) is 4.74 Å². The van der Waals surface area contributed by atoms with Gasteiger partial charge in [0.2, 0.25) is 0 Å². The van der Waals surface area contributed by atoms with Crippen LogP contribution < -0.4 is 5.32 Å². The number of rotatable bonds is 1. The minimum Gasteiger partial charge on any atom is -0.444 e. The summed E-state index contributed by atoms with van der Waals surface area (Å²) in [4.78, 5) is 14.6. The Bertz CT molecular complexity index is 599. The Morgan fingerprint density at radius 1 is 1.33 bits per heavy atom. The third kappa shape index (κ3) is 3.72. The molecular weight excluding hydrogens is 307 g/mol. The summed E-state index contributed by atoms with van der Waals surface area (Å²) in [6, 6.07) is 7.01. The van der Waals surface area contributed by atoms with E-state index in [9.17, 15) is 9.18 Å². The van der Waals surface area contributed by atoms with Gasteiger partial charge in [-0.05, 0) is 51.3 Å². The first kappa shape index (κ1) is 17.2. The molecule has 2 fully saturated rings. The summed E-state index contributed by atoms with van der Waals surface area (Å²) in [5.41, 5.74) is 0.435. The second-order valence-corrected chi connectivity index (χ2v) is 7.84. The predicted octanol–water partition coefficient (Wildman–Crippen LogP) is 3.67. The van der Waals surface area contributed by atoms with E-state index in [1.165, 1.54) is 6.07 Å². The van der Waals surface area contributed by atoms with E-state index < -0.39 is 5.60 Å². The first-order valence-electron chi connectivity index (χ1n) is 8.83. The van der Waals surface area contributed by atoms with Crippen molar-refractivity contribution in [2.75, 3.05) is 13.1 Å². The van der Waals surface area contributed by atoms with Gasteiger partial charge in [-0.3, -0.25) is 0 Å². The Labute approximate surface area is 143 Å². The highest BCUT2D eigenvalue weighted by Crippen LogP contribution is 2.35. The van der Waals surface area contributed by atoms with Crippen molar-refractivity contribution in [3.8, 4) is 0 Å². The van der Waals surface area contributed by atoms with Crippen LogP contribution in [0.5, 0.6) is 0 Å². The Morgan fingerprint density at radius 3 is 2.83 bits per heavy atom. The maximum Gasteiger partial charge on any atom is 0.410 e. The molecule has 0 unspecified atom stereocenters. The van der Waals surface area contributed by atoms with Crippen LogP contribution in [0.15, 0.2) is 24.3 Å². The van der Waals surface area contributed by atoms with Crippen LogP contribution in [-0.2, 0) is 4.74 Å². The van der Waals surface area contributed by atoms with Crippen molar-refractivity contribution in [2.45, 2.75) is 63.6 Å². The van der Waals surface area contributed by atoms with Crippen LogP contribution in [0.3, 0.4) is 0 Å². The molecule has 3 rings (SSSR count). The number of hydrogen-bond donors (Lipinski definition) is 1. The minimum atomic E-state index is -0.515. The van der Waals surface area contributed by atoms with E-state index in [1.807, 2.05) is 31.7 Å². The fourth-order valence-electron chi connectivity index (χ4n) is 3.89. The molecule has 3 atom stereocenters. The quantitative estimate of drug-likeness (QED) is 0.852. The van der Waals surface area contributed by atoms with Crippen LogP contribution in [0.2, 0.25) is 0 Å². The lowest BCUT2D eigenvalue weighted by atomic mass is 9.89. The van der Waals surface area contributed by atoms with Gasteiger partial charge in [0.15, 0.2) is 0 Å². The van der Waals surface area contributed by atoms with Crippen LogP contribution in [0.4, 0.5) is 9.18 Å². The van der Waals surface area contributed by atoms with Gasteiger partial charge in [-0.2, -0.15) is 0 Å². The minimum absolute atomic E-state index is 0.0177. The largest absolute Gasteiger partial charge is 0.444 e. The molecule has 0 saturated carbocycles. The van der Waals surface area contributed by atoms with Crippen molar-refractivity contribution >= 4 is 6.09 Å². The molecule has 4 nitrogen and oxygen atoms in total. The Hall–Kier alpha value is -1.62. The number of nitrogens with one attached hydrogen (secondary N) is 1. The number of benzene rings is 1.